The minimum Gasteiger partial charge on any atom is -0.493 e. The summed E-state index contributed by atoms with van der Waals surface area (Å²) in [6.45, 7) is 6.33. The number of nitrogens with one attached hydrogen (secondary N) is 2. The Morgan fingerprint density at radius 2 is 1.82 bits per heavy atom. The molecule has 0 aliphatic carbocycles. The van der Waals surface area contributed by atoms with Crippen molar-refractivity contribution in [1.29, 1.82) is 0 Å². The van der Waals surface area contributed by atoms with Gasteiger partial charge in [-0.05, 0) is 30.5 Å². The molecule has 1 heterocycles. The van der Waals surface area contributed by atoms with E-state index in [1.807, 2.05) is 12.1 Å². The van der Waals surface area contributed by atoms with Crippen molar-refractivity contribution >= 4 is 41.3 Å². The number of methoxy groups -OCH3 is 3. The minimum absolute atomic E-state index is 0. The van der Waals surface area contributed by atoms with Gasteiger partial charge in [-0.25, -0.2) is 4.99 Å². The first kappa shape index (κ1) is 24.4. The Morgan fingerprint density at radius 3 is 2.39 bits per heavy atom. The lowest BCUT2D eigenvalue weighted by molar-refractivity contribution is 0.322. The van der Waals surface area contributed by atoms with E-state index in [4.69, 9.17) is 19.2 Å². The molecule has 0 fully saturated rings. The normalized spacial score (nSPS) is 12.0. The van der Waals surface area contributed by atoms with Crippen LogP contribution in [0.2, 0.25) is 0 Å². The third-order valence-corrected chi connectivity index (χ3v) is 5.25. The number of guanidine groups is 1. The second-order valence-electron chi connectivity index (χ2n) is 5.99. The molecular weight excluding hydrogens is 489 g/mol. The monoisotopic (exact) mass is 519 g/mol. The van der Waals surface area contributed by atoms with Gasteiger partial charge < -0.3 is 24.8 Å². The van der Waals surface area contributed by atoms with Gasteiger partial charge in [-0.15, -0.1) is 35.3 Å². The highest BCUT2D eigenvalue weighted by Gasteiger charge is 2.15. The van der Waals surface area contributed by atoms with Crippen molar-refractivity contribution in [2.45, 2.75) is 26.3 Å². The zero-order chi connectivity index (χ0) is 19.6. The third-order valence-electron chi connectivity index (χ3n) is 4.14. The van der Waals surface area contributed by atoms with Gasteiger partial charge in [-0.3, -0.25) is 0 Å². The van der Waals surface area contributed by atoms with Crippen molar-refractivity contribution in [3.05, 3.63) is 40.1 Å². The predicted molar refractivity (Wildman–Crippen MR) is 127 cm³/mol. The molecule has 28 heavy (non-hydrogen) atoms. The number of rotatable bonds is 9. The molecule has 8 heteroatoms. The summed E-state index contributed by atoms with van der Waals surface area (Å²) in [4.78, 5) is 6.06. The van der Waals surface area contributed by atoms with Gasteiger partial charge in [0.1, 0.15) is 0 Å². The number of nitrogens with zero attached hydrogens (tertiary/aromatic N) is 1. The SMILES string of the molecule is CCNC(=NCc1ccc(OC)c(OC)c1OC)NCC(C)c1cccs1.I. The van der Waals surface area contributed by atoms with Crippen LogP contribution in [0.15, 0.2) is 34.6 Å². The summed E-state index contributed by atoms with van der Waals surface area (Å²) in [6, 6.07) is 8.06. The van der Waals surface area contributed by atoms with Crippen LogP contribution < -0.4 is 24.8 Å². The van der Waals surface area contributed by atoms with E-state index in [1.165, 1.54) is 4.88 Å². The van der Waals surface area contributed by atoms with Crippen LogP contribution >= 0.6 is 35.3 Å². The van der Waals surface area contributed by atoms with Crippen molar-refractivity contribution < 1.29 is 14.2 Å². The first-order valence-corrected chi connectivity index (χ1v) is 9.85. The summed E-state index contributed by atoms with van der Waals surface area (Å²) in [5.74, 6) is 3.06. The van der Waals surface area contributed by atoms with Crippen molar-refractivity contribution in [3.8, 4) is 17.2 Å². The van der Waals surface area contributed by atoms with E-state index in [0.717, 1.165) is 24.6 Å². The van der Waals surface area contributed by atoms with Gasteiger partial charge in [0, 0.05) is 29.4 Å². The second-order valence-corrected chi connectivity index (χ2v) is 6.97. The highest BCUT2D eigenvalue weighted by molar-refractivity contribution is 14.0. The van der Waals surface area contributed by atoms with Crippen molar-refractivity contribution in [2.75, 3.05) is 34.4 Å². The van der Waals surface area contributed by atoms with Gasteiger partial charge in [0.2, 0.25) is 5.75 Å². The van der Waals surface area contributed by atoms with Gasteiger partial charge in [-0.1, -0.05) is 13.0 Å². The molecular formula is C20H30IN3O3S. The second kappa shape index (κ2) is 12.7. The summed E-state index contributed by atoms with van der Waals surface area (Å²) in [7, 11) is 4.83. The molecule has 0 aliphatic heterocycles. The average molecular weight is 519 g/mol. The molecule has 0 saturated heterocycles. The predicted octanol–water partition coefficient (Wildman–Crippen LogP) is 4.25. The number of benzene rings is 1. The van der Waals surface area contributed by atoms with Gasteiger partial charge in [-0.2, -0.15) is 0 Å². The number of aliphatic imine (C=N–C) groups is 1. The fourth-order valence-corrected chi connectivity index (χ4v) is 3.50. The molecule has 6 nitrogen and oxygen atoms in total. The van der Waals surface area contributed by atoms with Crippen LogP contribution in [0.1, 0.15) is 30.2 Å². The largest absolute Gasteiger partial charge is 0.493 e. The summed E-state index contributed by atoms with van der Waals surface area (Å²) in [5, 5.41) is 8.81. The van der Waals surface area contributed by atoms with Gasteiger partial charge in [0.15, 0.2) is 17.5 Å². The molecule has 1 aromatic carbocycles. The molecule has 1 aromatic heterocycles. The van der Waals surface area contributed by atoms with E-state index in [2.05, 4.69) is 42.0 Å². The zero-order valence-electron chi connectivity index (χ0n) is 17.1. The van der Waals surface area contributed by atoms with Crippen LogP contribution in [0.5, 0.6) is 17.2 Å². The van der Waals surface area contributed by atoms with Crippen LogP contribution in [0, 0.1) is 0 Å². The summed E-state index contributed by atoms with van der Waals surface area (Å²) in [5.41, 5.74) is 0.929. The first-order chi connectivity index (χ1) is 13.1. The van der Waals surface area contributed by atoms with Crippen molar-refractivity contribution in [1.82, 2.24) is 10.6 Å². The maximum atomic E-state index is 5.54. The molecule has 0 saturated carbocycles. The number of halogens is 1. The Bertz CT molecular complexity index is 739. The molecule has 0 spiro atoms. The highest BCUT2D eigenvalue weighted by Crippen LogP contribution is 2.39. The van der Waals surface area contributed by atoms with E-state index < -0.39 is 0 Å². The Labute approximate surface area is 188 Å². The Hall–Kier alpha value is -1.68. The van der Waals surface area contributed by atoms with E-state index in [-0.39, 0.29) is 24.0 Å². The summed E-state index contributed by atoms with van der Waals surface area (Å²) < 4.78 is 16.3. The molecule has 0 radical (unpaired) electrons. The molecule has 2 N–H and O–H groups in total. The molecule has 1 unspecified atom stereocenters. The van der Waals surface area contributed by atoms with Crippen LogP contribution in [0.25, 0.3) is 0 Å². The molecule has 0 amide bonds. The van der Waals surface area contributed by atoms with Gasteiger partial charge in [0.25, 0.3) is 0 Å². The fourth-order valence-electron chi connectivity index (χ4n) is 2.72. The quantitative estimate of drug-likeness (QED) is 0.295. The summed E-state index contributed by atoms with van der Waals surface area (Å²) >= 11 is 1.78. The fraction of sp³-hybridized carbons (Fsp3) is 0.450. The maximum absolute atomic E-state index is 5.54. The van der Waals surface area contributed by atoms with Crippen LogP contribution in [0.3, 0.4) is 0 Å². The van der Waals surface area contributed by atoms with Crippen molar-refractivity contribution in [3.63, 3.8) is 0 Å². The molecule has 1 atom stereocenters. The zero-order valence-corrected chi connectivity index (χ0v) is 20.2. The van der Waals surface area contributed by atoms with E-state index in [9.17, 15) is 0 Å². The Morgan fingerprint density at radius 1 is 1.07 bits per heavy atom. The number of ether oxygens (including phenoxy) is 3. The van der Waals surface area contributed by atoms with Crippen LogP contribution in [-0.4, -0.2) is 40.4 Å². The minimum atomic E-state index is 0. The average Bonchev–Trinajstić information content (AvgIpc) is 3.23. The lowest BCUT2D eigenvalue weighted by Gasteiger charge is -2.17. The molecule has 2 aromatic rings. The number of hydrogen-bond acceptors (Lipinski definition) is 5. The lowest BCUT2D eigenvalue weighted by atomic mass is 10.1. The number of hydrogen-bond donors (Lipinski definition) is 2. The number of thiophene rings is 1. The Kier molecular flexibility index (Phi) is 11.1. The highest BCUT2D eigenvalue weighted by atomic mass is 127. The van der Waals surface area contributed by atoms with Crippen molar-refractivity contribution in [2.24, 2.45) is 4.99 Å². The van der Waals surface area contributed by atoms with E-state index in [1.54, 1.807) is 32.7 Å². The van der Waals surface area contributed by atoms with E-state index in [0.29, 0.717) is 29.7 Å². The van der Waals surface area contributed by atoms with Gasteiger partial charge >= 0.3 is 0 Å². The lowest BCUT2D eigenvalue weighted by Crippen LogP contribution is -2.39. The maximum Gasteiger partial charge on any atom is 0.203 e. The third kappa shape index (κ3) is 6.44. The molecule has 2 rings (SSSR count). The van der Waals surface area contributed by atoms with Crippen LogP contribution in [-0.2, 0) is 6.54 Å². The van der Waals surface area contributed by atoms with Gasteiger partial charge in [0.05, 0.1) is 27.9 Å². The first-order valence-electron chi connectivity index (χ1n) is 8.97. The summed E-state index contributed by atoms with van der Waals surface area (Å²) in [6.07, 6.45) is 0. The smallest absolute Gasteiger partial charge is 0.203 e. The standard InChI is InChI=1S/C20H29N3O3S.HI/c1-6-21-20(22-12-14(2)17-8-7-11-27-17)23-13-15-9-10-16(24-3)19(26-5)18(15)25-4;/h7-11,14H,6,12-13H2,1-5H3,(H2,21,22,23);1H. The van der Waals surface area contributed by atoms with E-state index >= 15 is 0 Å². The molecule has 156 valence electrons. The molecule has 0 aliphatic rings. The topological polar surface area (TPSA) is 64.1 Å². The Balaban J connectivity index is 0.00000392. The van der Waals surface area contributed by atoms with Crippen LogP contribution in [0.4, 0.5) is 0 Å². The molecule has 0 bridgehead atoms.